The van der Waals surface area contributed by atoms with E-state index < -0.39 is 0 Å². The molecular formula is C10H8BrNOS. The number of aromatic nitrogens is 1. The number of halogens is 1. The van der Waals surface area contributed by atoms with Crippen molar-refractivity contribution < 1.29 is 4.74 Å². The molecule has 0 radical (unpaired) electrons. The zero-order chi connectivity index (χ0) is 9.97. The maximum Gasteiger partial charge on any atom is 0.204 e. The third-order valence-corrected chi connectivity index (χ3v) is 3.17. The van der Waals surface area contributed by atoms with Crippen LogP contribution in [0.4, 0.5) is 0 Å². The first kappa shape index (κ1) is 9.68. The van der Waals surface area contributed by atoms with Gasteiger partial charge in [0.1, 0.15) is 5.75 Å². The quantitative estimate of drug-likeness (QED) is 0.822. The molecule has 2 aromatic rings. The molecular weight excluding hydrogens is 262 g/mol. The highest BCUT2D eigenvalue weighted by Gasteiger charge is 2.07. The molecule has 14 heavy (non-hydrogen) atoms. The molecule has 0 amide bonds. The van der Waals surface area contributed by atoms with Gasteiger partial charge in [-0.2, -0.15) is 0 Å². The van der Waals surface area contributed by atoms with E-state index in [0.717, 1.165) is 20.4 Å². The minimum atomic E-state index is 0.836. The summed E-state index contributed by atoms with van der Waals surface area (Å²) in [5.74, 6) is 0.840. The molecule has 0 aliphatic heterocycles. The monoisotopic (exact) mass is 269 g/mol. The molecule has 0 atom stereocenters. The molecule has 0 spiro atoms. The van der Waals surface area contributed by atoms with Gasteiger partial charge >= 0.3 is 0 Å². The smallest absolute Gasteiger partial charge is 0.204 e. The van der Waals surface area contributed by atoms with Gasteiger partial charge in [-0.15, -0.1) is 0 Å². The van der Waals surface area contributed by atoms with Crippen LogP contribution in [0.1, 0.15) is 5.69 Å². The summed E-state index contributed by atoms with van der Waals surface area (Å²) in [6, 6.07) is 9.70. The molecule has 0 aliphatic rings. The molecule has 0 saturated heterocycles. The summed E-state index contributed by atoms with van der Waals surface area (Å²) in [6.45, 7) is 1.93. The molecule has 0 unspecified atom stereocenters. The molecule has 2 rings (SSSR count). The van der Waals surface area contributed by atoms with Gasteiger partial charge in [-0.3, -0.25) is 0 Å². The largest absolute Gasteiger partial charge is 0.445 e. The minimum Gasteiger partial charge on any atom is -0.445 e. The van der Waals surface area contributed by atoms with Gasteiger partial charge in [0.05, 0.1) is 5.69 Å². The summed E-state index contributed by atoms with van der Waals surface area (Å²) in [6.07, 6.45) is 0. The Labute approximate surface area is 94.7 Å². The Morgan fingerprint density at radius 3 is 2.57 bits per heavy atom. The standard InChI is InChI=1S/C10H8BrNOS/c1-7-9(14-10(11)12-7)13-8-5-3-2-4-6-8/h2-6H,1H3. The molecule has 72 valence electrons. The molecule has 0 bridgehead atoms. The fourth-order valence-corrected chi connectivity index (χ4v) is 2.41. The van der Waals surface area contributed by atoms with Crippen LogP contribution >= 0.6 is 27.3 Å². The van der Waals surface area contributed by atoms with E-state index in [1.54, 1.807) is 0 Å². The molecule has 0 saturated carbocycles. The lowest BCUT2D eigenvalue weighted by atomic mass is 10.3. The van der Waals surface area contributed by atoms with Crippen LogP contribution in [0.15, 0.2) is 34.2 Å². The molecule has 0 aliphatic carbocycles. The highest BCUT2D eigenvalue weighted by molar-refractivity contribution is 9.11. The molecule has 1 heterocycles. The van der Waals surface area contributed by atoms with Crippen LogP contribution in [-0.4, -0.2) is 4.98 Å². The van der Waals surface area contributed by atoms with Gasteiger partial charge in [-0.05, 0) is 35.0 Å². The minimum absolute atomic E-state index is 0.836. The van der Waals surface area contributed by atoms with Crippen molar-refractivity contribution in [2.75, 3.05) is 0 Å². The molecule has 1 aromatic carbocycles. The van der Waals surface area contributed by atoms with Gasteiger partial charge < -0.3 is 4.74 Å². The van der Waals surface area contributed by atoms with Crippen LogP contribution in [0.5, 0.6) is 10.8 Å². The first-order valence-electron chi connectivity index (χ1n) is 4.11. The van der Waals surface area contributed by atoms with Gasteiger partial charge in [0.2, 0.25) is 5.06 Å². The van der Waals surface area contributed by atoms with Gasteiger partial charge in [0.25, 0.3) is 0 Å². The van der Waals surface area contributed by atoms with Crippen molar-refractivity contribution in [1.82, 2.24) is 4.98 Å². The van der Waals surface area contributed by atoms with Crippen LogP contribution in [0.3, 0.4) is 0 Å². The fraction of sp³-hybridized carbons (Fsp3) is 0.100. The van der Waals surface area contributed by atoms with Crippen molar-refractivity contribution in [2.45, 2.75) is 6.92 Å². The average molecular weight is 270 g/mol. The van der Waals surface area contributed by atoms with E-state index in [1.165, 1.54) is 11.3 Å². The van der Waals surface area contributed by atoms with Crippen LogP contribution < -0.4 is 4.74 Å². The predicted octanol–water partition coefficient (Wildman–Crippen LogP) is 4.01. The second-order valence-corrected chi connectivity index (χ2v) is 4.99. The maximum atomic E-state index is 5.66. The molecule has 0 N–H and O–H groups in total. The summed E-state index contributed by atoms with van der Waals surface area (Å²) in [5.41, 5.74) is 0.908. The summed E-state index contributed by atoms with van der Waals surface area (Å²) in [5, 5.41) is 0.836. The van der Waals surface area contributed by atoms with Crippen molar-refractivity contribution in [2.24, 2.45) is 0 Å². The van der Waals surface area contributed by atoms with E-state index in [9.17, 15) is 0 Å². The number of benzene rings is 1. The van der Waals surface area contributed by atoms with E-state index in [-0.39, 0.29) is 0 Å². The third kappa shape index (κ3) is 2.13. The van der Waals surface area contributed by atoms with Gasteiger partial charge in [0.15, 0.2) is 3.92 Å². The van der Waals surface area contributed by atoms with Crippen LogP contribution in [0.2, 0.25) is 0 Å². The number of hydrogen-bond acceptors (Lipinski definition) is 3. The Morgan fingerprint density at radius 2 is 2.00 bits per heavy atom. The number of para-hydroxylation sites is 1. The number of hydrogen-bond donors (Lipinski definition) is 0. The van der Waals surface area contributed by atoms with E-state index in [2.05, 4.69) is 20.9 Å². The Bertz CT molecular complexity index is 427. The lowest BCUT2D eigenvalue weighted by Gasteiger charge is -2.01. The van der Waals surface area contributed by atoms with E-state index in [0.29, 0.717) is 0 Å². The van der Waals surface area contributed by atoms with Crippen molar-refractivity contribution in [1.29, 1.82) is 0 Å². The first-order valence-corrected chi connectivity index (χ1v) is 5.72. The summed E-state index contributed by atoms with van der Waals surface area (Å²) < 4.78 is 6.50. The second-order valence-electron chi connectivity index (χ2n) is 2.75. The van der Waals surface area contributed by atoms with Crippen molar-refractivity contribution >= 4 is 27.3 Å². The number of rotatable bonds is 2. The SMILES string of the molecule is Cc1nc(Br)sc1Oc1ccccc1. The number of aryl methyl sites for hydroxylation is 1. The molecule has 1 aromatic heterocycles. The number of nitrogens with zero attached hydrogens (tertiary/aromatic N) is 1. The van der Waals surface area contributed by atoms with Crippen LogP contribution in [0.25, 0.3) is 0 Å². The van der Waals surface area contributed by atoms with Crippen molar-refractivity contribution in [3.05, 3.63) is 39.9 Å². The van der Waals surface area contributed by atoms with Gasteiger partial charge in [0, 0.05) is 0 Å². The topological polar surface area (TPSA) is 22.1 Å². The summed E-state index contributed by atoms with van der Waals surface area (Å²) in [4.78, 5) is 4.22. The summed E-state index contributed by atoms with van der Waals surface area (Å²) >= 11 is 4.82. The van der Waals surface area contributed by atoms with Crippen molar-refractivity contribution in [3.8, 4) is 10.8 Å². The van der Waals surface area contributed by atoms with Crippen molar-refractivity contribution in [3.63, 3.8) is 0 Å². The van der Waals surface area contributed by atoms with Crippen LogP contribution in [0, 0.1) is 6.92 Å². The highest BCUT2D eigenvalue weighted by Crippen LogP contribution is 2.33. The van der Waals surface area contributed by atoms with E-state index in [4.69, 9.17) is 4.74 Å². The molecule has 0 fully saturated rings. The Hall–Kier alpha value is -0.870. The first-order chi connectivity index (χ1) is 6.75. The lowest BCUT2D eigenvalue weighted by Crippen LogP contribution is -1.82. The number of thiazole rings is 1. The third-order valence-electron chi connectivity index (χ3n) is 1.68. The normalized spacial score (nSPS) is 10.1. The number of ether oxygens (including phenoxy) is 1. The zero-order valence-corrected chi connectivity index (χ0v) is 9.93. The Kier molecular flexibility index (Phi) is 2.84. The molecule has 4 heteroatoms. The Balaban J connectivity index is 2.23. The van der Waals surface area contributed by atoms with Gasteiger partial charge in [-0.25, -0.2) is 4.98 Å². The summed E-state index contributed by atoms with van der Waals surface area (Å²) in [7, 11) is 0. The van der Waals surface area contributed by atoms with E-state index >= 15 is 0 Å². The lowest BCUT2D eigenvalue weighted by molar-refractivity contribution is 0.491. The molecule has 2 nitrogen and oxygen atoms in total. The van der Waals surface area contributed by atoms with Crippen LogP contribution in [-0.2, 0) is 0 Å². The highest BCUT2D eigenvalue weighted by atomic mass is 79.9. The Morgan fingerprint density at radius 1 is 1.29 bits per heavy atom. The average Bonchev–Trinajstić information content (AvgIpc) is 2.47. The van der Waals surface area contributed by atoms with Gasteiger partial charge in [-0.1, -0.05) is 29.5 Å². The maximum absolute atomic E-state index is 5.66. The second kappa shape index (κ2) is 4.11. The predicted molar refractivity (Wildman–Crippen MR) is 61.1 cm³/mol. The van der Waals surface area contributed by atoms with E-state index in [1.807, 2.05) is 37.3 Å². The zero-order valence-electron chi connectivity index (χ0n) is 7.53. The fourth-order valence-electron chi connectivity index (χ4n) is 1.04.